The minimum Gasteiger partial charge on any atom is -0.492 e. The number of ether oxygens (including phenoxy) is 1. The number of carbonyl (C=O) groups is 2. The molecule has 1 aromatic heterocycles. The lowest BCUT2D eigenvalue weighted by Crippen LogP contribution is -2.25. The van der Waals surface area contributed by atoms with Gasteiger partial charge in [0.1, 0.15) is 24.3 Å². The maximum Gasteiger partial charge on any atom is 0.297 e. The summed E-state index contributed by atoms with van der Waals surface area (Å²) >= 11 is 1.04. The monoisotopic (exact) mass is 423 g/mol. The van der Waals surface area contributed by atoms with Crippen LogP contribution < -0.4 is 15.0 Å². The zero-order chi connectivity index (χ0) is 20.9. The van der Waals surface area contributed by atoms with Gasteiger partial charge >= 0.3 is 0 Å². The van der Waals surface area contributed by atoms with Crippen LogP contribution in [0, 0.1) is 0 Å². The Bertz CT molecular complexity index is 1020. The first-order valence-electron chi connectivity index (χ1n) is 9.54. The van der Waals surface area contributed by atoms with Crippen LogP contribution in [-0.4, -0.2) is 41.6 Å². The number of carbonyl (C=O) groups excluding carboxylic acids is 2. The second-order valence-electron chi connectivity index (χ2n) is 6.88. The Labute approximate surface area is 178 Å². The van der Waals surface area contributed by atoms with Gasteiger partial charge in [0, 0.05) is 12.6 Å². The lowest BCUT2D eigenvalue weighted by atomic mass is 10.1. The molecular formula is C22H21N3O4S. The van der Waals surface area contributed by atoms with E-state index in [0.29, 0.717) is 25.6 Å². The number of hydrogen-bond donors (Lipinski definition) is 1. The van der Waals surface area contributed by atoms with Crippen molar-refractivity contribution in [3.8, 4) is 17.0 Å². The number of hydrogen-bond acceptors (Lipinski definition) is 7. The average Bonchev–Trinajstić information content (AvgIpc) is 3.37. The Kier molecular flexibility index (Phi) is 6.04. The van der Waals surface area contributed by atoms with Crippen LogP contribution >= 0.6 is 11.8 Å². The molecular weight excluding hydrogens is 402 g/mol. The lowest BCUT2D eigenvalue weighted by molar-refractivity contribution is -0.118. The molecule has 1 unspecified atom stereocenters. The number of rotatable bonds is 8. The third kappa shape index (κ3) is 4.83. The molecule has 154 valence electrons. The van der Waals surface area contributed by atoms with Gasteiger partial charge in [0.2, 0.25) is 5.91 Å². The van der Waals surface area contributed by atoms with Crippen molar-refractivity contribution in [2.75, 3.05) is 25.1 Å². The van der Waals surface area contributed by atoms with Gasteiger partial charge in [-0.2, -0.15) is 4.98 Å². The van der Waals surface area contributed by atoms with Crippen LogP contribution in [0.5, 0.6) is 5.75 Å². The first-order valence-corrected chi connectivity index (χ1v) is 10.4. The summed E-state index contributed by atoms with van der Waals surface area (Å²) in [6, 6.07) is 18.0. The van der Waals surface area contributed by atoms with E-state index in [1.807, 2.05) is 66.5 Å². The topological polar surface area (TPSA) is 84.7 Å². The van der Waals surface area contributed by atoms with Crippen molar-refractivity contribution < 1.29 is 18.7 Å². The molecule has 2 heterocycles. The van der Waals surface area contributed by atoms with Crippen molar-refractivity contribution in [2.24, 2.45) is 0 Å². The van der Waals surface area contributed by atoms with Gasteiger partial charge in [0.15, 0.2) is 0 Å². The zero-order valence-electron chi connectivity index (χ0n) is 16.4. The molecule has 1 saturated heterocycles. The molecule has 1 aliphatic heterocycles. The number of likely N-dealkylation sites (N-methyl/N-ethyl adjacent to an activating group) is 1. The number of thioether (sulfide) groups is 1. The fraction of sp³-hybridized carbons (Fsp3) is 0.227. The van der Waals surface area contributed by atoms with E-state index in [2.05, 4.69) is 10.3 Å². The number of imide groups is 1. The fourth-order valence-corrected chi connectivity index (χ4v) is 3.90. The van der Waals surface area contributed by atoms with E-state index in [1.165, 1.54) is 0 Å². The number of anilines is 1. The van der Waals surface area contributed by atoms with Gasteiger partial charge < -0.3 is 14.1 Å². The number of nitrogens with one attached hydrogen (secondary N) is 1. The minimum atomic E-state index is -0.362. The summed E-state index contributed by atoms with van der Waals surface area (Å²) in [6.45, 7) is 1.08. The molecule has 2 amide bonds. The van der Waals surface area contributed by atoms with Gasteiger partial charge in [-0.25, -0.2) is 0 Å². The maximum absolute atomic E-state index is 11.7. The first-order chi connectivity index (χ1) is 14.6. The van der Waals surface area contributed by atoms with Crippen LogP contribution in [0.15, 0.2) is 65.3 Å². The number of aromatic nitrogens is 1. The Morgan fingerprint density at radius 1 is 1.13 bits per heavy atom. The predicted molar refractivity (Wildman–Crippen MR) is 116 cm³/mol. The largest absolute Gasteiger partial charge is 0.492 e. The second-order valence-corrected chi connectivity index (χ2v) is 8.06. The van der Waals surface area contributed by atoms with Crippen LogP contribution in [0.2, 0.25) is 0 Å². The van der Waals surface area contributed by atoms with Gasteiger partial charge in [0.05, 0.1) is 11.8 Å². The van der Waals surface area contributed by atoms with Gasteiger partial charge in [0.25, 0.3) is 11.3 Å². The standard InChI is InChI=1S/C22H21N3O4S/c1-25(21-23-18(14-29-21)16-5-3-2-4-6-16)11-12-28-17-9-7-15(8-10-17)13-19-20(26)24-22(27)30-19/h2-10,14,19H,11-13H2,1H3,(H,24,26,27). The zero-order valence-corrected chi connectivity index (χ0v) is 17.2. The van der Waals surface area contributed by atoms with Crippen LogP contribution in [0.3, 0.4) is 0 Å². The highest BCUT2D eigenvalue weighted by atomic mass is 32.2. The van der Waals surface area contributed by atoms with Crippen molar-refractivity contribution in [3.63, 3.8) is 0 Å². The van der Waals surface area contributed by atoms with Gasteiger partial charge in [-0.3, -0.25) is 14.9 Å². The third-order valence-electron chi connectivity index (χ3n) is 4.70. The van der Waals surface area contributed by atoms with Crippen molar-refractivity contribution in [3.05, 3.63) is 66.4 Å². The van der Waals surface area contributed by atoms with Crippen molar-refractivity contribution >= 4 is 28.9 Å². The van der Waals surface area contributed by atoms with Gasteiger partial charge in [-0.05, 0) is 24.1 Å². The molecule has 1 fully saturated rings. The van der Waals surface area contributed by atoms with Gasteiger partial charge in [-0.15, -0.1) is 0 Å². The van der Waals surface area contributed by atoms with E-state index in [-0.39, 0.29) is 16.4 Å². The molecule has 0 bridgehead atoms. The van der Waals surface area contributed by atoms with Crippen LogP contribution in [0.4, 0.5) is 10.8 Å². The number of nitrogens with zero attached hydrogens (tertiary/aromatic N) is 2. The normalized spacial score (nSPS) is 15.8. The second kappa shape index (κ2) is 9.04. The Morgan fingerprint density at radius 3 is 2.60 bits per heavy atom. The van der Waals surface area contributed by atoms with E-state index in [0.717, 1.165) is 34.3 Å². The van der Waals surface area contributed by atoms with Crippen LogP contribution in [0.25, 0.3) is 11.3 Å². The summed E-state index contributed by atoms with van der Waals surface area (Å²) in [6.07, 6.45) is 2.16. The number of amides is 2. The summed E-state index contributed by atoms with van der Waals surface area (Å²) in [7, 11) is 1.90. The smallest absolute Gasteiger partial charge is 0.297 e. The number of benzene rings is 2. The molecule has 0 saturated carbocycles. The average molecular weight is 423 g/mol. The highest BCUT2D eigenvalue weighted by molar-refractivity contribution is 8.15. The summed E-state index contributed by atoms with van der Waals surface area (Å²) in [5.41, 5.74) is 2.79. The molecule has 4 rings (SSSR count). The summed E-state index contributed by atoms with van der Waals surface area (Å²) in [5, 5.41) is 1.66. The summed E-state index contributed by atoms with van der Waals surface area (Å²) in [5.74, 6) is 0.513. The summed E-state index contributed by atoms with van der Waals surface area (Å²) < 4.78 is 11.4. The van der Waals surface area contributed by atoms with E-state index < -0.39 is 0 Å². The third-order valence-corrected chi connectivity index (χ3v) is 5.68. The first kappa shape index (κ1) is 20.0. The molecule has 0 spiro atoms. The molecule has 2 aromatic carbocycles. The number of oxazole rings is 1. The van der Waals surface area contributed by atoms with Crippen LogP contribution in [0.1, 0.15) is 5.56 Å². The molecule has 1 aliphatic rings. The Morgan fingerprint density at radius 2 is 1.90 bits per heavy atom. The molecule has 0 radical (unpaired) electrons. The molecule has 0 aliphatic carbocycles. The lowest BCUT2D eigenvalue weighted by Gasteiger charge is -2.15. The minimum absolute atomic E-state index is 0.227. The molecule has 30 heavy (non-hydrogen) atoms. The van der Waals surface area contributed by atoms with E-state index in [4.69, 9.17) is 9.15 Å². The van der Waals surface area contributed by atoms with Crippen molar-refractivity contribution in [2.45, 2.75) is 11.7 Å². The molecule has 1 atom stereocenters. The molecule has 3 aromatic rings. The molecule has 8 heteroatoms. The molecule has 1 N–H and O–H groups in total. The Hall–Kier alpha value is -3.26. The van der Waals surface area contributed by atoms with E-state index in [1.54, 1.807) is 6.26 Å². The fourth-order valence-electron chi connectivity index (χ4n) is 3.04. The van der Waals surface area contributed by atoms with Crippen molar-refractivity contribution in [1.29, 1.82) is 0 Å². The van der Waals surface area contributed by atoms with Crippen LogP contribution in [-0.2, 0) is 11.2 Å². The maximum atomic E-state index is 11.7. The quantitative estimate of drug-likeness (QED) is 0.591. The van der Waals surface area contributed by atoms with E-state index in [9.17, 15) is 9.59 Å². The van der Waals surface area contributed by atoms with Crippen molar-refractivity contribution in [1.82, 2.24) is 10.3 Å². The van der Waals surface area contributed by atoms with E-state index >= 15 is 0 Å². The predicted octanol–water partition coefficient (Wildman–Crippen LogP) is 3.75. The highest BCUT2D eigenvalue weighted by Crippen LogP contribution is 2.24. The Balaban J connectivity index is 1.25. The highest BCUT2D eigenvalue weighted by Gasteiger charge is 2.31. The van der Waals surface area contributed by atoms with Gasteiger partial charge in [-0.1, -0.05) is 54.2 Å². The molecule has 7 nitrogen and oxygen atoms in total. The SMILES string of the molecule is CN(CCOc1ccc(CC2SC(=O)NC2=O)cc1)c1nc(-c2ccccc2)co1. The summed E-state index contributed by atoms with van der Waals surface area (Å²) in [4.78, 5) is 29.3.